The van der Waals surface area contributed by atoms with E-state index in [9.17, 15) is 9.18 Å². The second-order valence-corrected chi connectivity index (χ2v) is 7.24. The molecule has 0 radical (unpaired) electrons. The highest BCUT2D eigenvalue weighted by Crippen LogP contribution is 2.30. The lowest BCUT2D eigenvalue weighted by molar-refractivity contribution is 0.0927. The molecule has 0 saturated carbocycles. The first-order chi connectivity index (χ1) is 13.6. The van der Waals surface area contributed by atoms with Crippen LogP contribution >= 0.6 is 0 Å². The van der Waals surface area contributed by atoms with E-state index in [0.29, 0.717) is 29.2 Å². The van der Waals surface area contributed by atoms with Crippen molar-refractivity contribution in [1.82, 2.24) is 24.9 Å². The molecule has 5 rings (SSSR count). The number of halogens is 1. The Hall–Kier alpha value is -3.23. The van der Waals surface area contributed by atoms with Crippen molar-refractivity contribution in [3.63, 3.8) is 0 Å². The zero-order chi connectivity index (χ0) is 19.3. The first-order valence-corrected chi connectivity index (χ1v) is 9.29. The number of nitrogens with one attached hydrogen (secondary N) is 1. The number of carbonyl (C=O) groups is 1. The van der Waals surface area contributed by atoms with Crippen LogP contribution in [0.1, 0.15) is 34.8 Å². The fraction of sp³-hybridized carbons (Fsp3) is 0.368. The summed E-state index contributed by atoms with van der Waals surface area (Å²) in [4.78, 5) is 23.7. The van der Waals surface area contributed by atoms with Gasteiger partial charge in [0.1, 0.15) is 23.8 Å². The number of aromatic nitrogens is 4. The molecule has 8 nitrogen and oxygen atoms in total. The summed E-state index contributed by atoms with van der Waals surface area (Å²) in [5.41, 5.74) is 2.62. The third-order valence-electron chi connectivity index (χ3n) is 5.07. The number of fused-ring (bicyclic) bond motifs is 1. The summed E-state index contributed by atoms with van der Waals surface area (Å²) in [5, 5.41) is 7.19. The number of anilines is 1. The Morgan fingerprint density at radius 2 is 2.21 bits per heavy atom. The second-order valence-electron chi connectivity index (χ2n) is 7.24. The van der Waals surface area contributed by atoms with Crippen LogP contribution in [0.2, 0.25) is 0 Å². The Morgan fingerprint density at radius 3 is 3.11 bits per heavy atom. The van der Waals surface area contributed by atoms with Gasteiger partial charge in [0.2, 0.25) is 5.88 Å². The van der Waals surface area contributed by atoms with Gasteiger partial charge in [-0.3, -0.25) is 4.79 Å². The van der Waals surface area contributed by atoms with Gasteiger partial charge < -0.3 is 15.0 Å². The number of hydrogen-bond donors (Lipinski definition) is 1. The van der Waals surface area contributed by atoms with Crippen LogP contribution < -0.4 is 15.0 Å². The number of rotatable bonds is 0. The number of nitrogens with zero attached hydrogens (tertiary/aromatic N) is 5. The summed E-state index contributed by atoms with van der Waals surface area (Å²) >= 11 is 0. The monoisotopic (exact) mass is 382 g/mol. The highest BCUT2D eigenvalue weighted by molar-refractivity contribution is 6.00. The molecule has 0 unspecified atom stereocenters. The van der Waals surface area contributed by atoms with Crippen molar-refractivity contribution >= 4 is 17.4 Å². The first-order valence-electron chi connectivity index (χ1n) is 9.29. The van der Waals surface area contributed by atoms with Crippen LogP contribution in [0.5, 0.6) is 5.88 Å². The molecule has 2 aliphatic heterocycles. The van der Waals surface area contributed by atoms with Crippen LogP contribution in [0.25, 0.3) is 5.65 Å². The summed E-state index contributed by atoms with van der Waals surface area (Å²) in [6.45, 7) is 3.26. The molecule has 0 aromatic carbocycles. The van der Waals surface area contributed by atoms with Crippen LogP contribution in [0.15, 0.2) is 24.7 Å². The van der Waals surface area contributed by atoms with Gasteiger partial charge in [0.05, 0.1) is 18.4 Å². The predicted molar refractivity (Wildman–Crippen MR) is 99.0 cm³/mol. The Kier molecular flexibility index (Phi) is 3.88. The maximum atomic E-state index is 13.9. The molecule has 3 aromatic heterocycles. The van der Waals surface area contributed by atoms with Gasteiger partial charge in [0.25, 0.3) is 5.91 Å². The molecule has 0 aliphatic carbocycles. The van der Waals surface area contributed by atoms with Gasteiger partial charge in [0.15, 0.2) is 5.65 Å². The van der Waals surface area contributed by atoms with E-state index in [4.69, 9.17) is 9.72 Å². The minimum atomic E-state index is -0.410. The van der Waals surface area contributed by atoms with E-state index < -0.39 is 5.82 Å². The largest absolute Gasteiger partial charge is 0.475 e. The fourth-order valence-corrected chi connectivity index (χ4v) is 3.73. The molecule has 9 heteroatoms. The maximum absolute atomic E-state index is 13.9. The van der Waals surface area contributed by atoms with Gasteiger partial charge in [0, 0.05) is 30.4 Å². The van der Waals surface area contributed by atoms with Crippen molar-refractivity contribution in [1.29, 1.82) is 0 Å². The third kappa shape index (κ3) is 2.83. The van der Waals surface area contributed by atoms with E-state index >= 15 is 0 Å². The van der Waals surface area contributed by atoms with Gasteiger partial charge in [-0.05, 0) is 25.8 Å². The van der Waals surface area contributed by atoms with Crippen molar-refractivity contribution in [3.05, 3.63) is 47.2 Å². The lowest BCUT2D eigenvalue weighted by Gasteiger charge is -2.30. The van der Waals surface area contributed by atoms with Crippen LogP contribution in [-0.2, 0) is 13.0 Å². The smallest absolute Gasteiger partial charge is 0.257 e. The van der Waals surface area contributed by atoms with Crippen molar-refractivity contribution in [2.45, 2.75) is 32.4 Å². The molecule has 0 fully saturated rings. The molecular weight excluding hydrogens is 363 g/mol. The number of aryl methyl sites for hydroxylation is 1. The van der Waals surface area contributed by atoms with Crippen LogP contribution in [0.4, 0.5) is 10.2 Å². The Labute approximate surface area is 160 Å². The minimum absolute atomic E-state index is 0.220. The zero-order valence-corrected chi connectivity index (χ0v) is 15.4. The molecule has 1 amide bonds. The highest BCUT2D eigenvalue weighted by Gasteiger charge is 2.25. The molecule has 0 saturated heterocycles. The number of amides is 1. The molecule has 2 bridgehead atoms. The third-order valence-corrected chi connectivity index (χ3v) is 5.07. The Balaban J connectivity index is 1.68. The molecule has 1 N–H and O–H groups in total. The van der Waals surface area contributed by atoms with Gasteiger partial charge in [-0.25, -0.2) is 18.9 Å². The standard InChI is InChI=1S/C19H19FN6O2/c1-11-10-28-19-13(5-14(20)6-21-19)8-25-4-2-3-12-9-26-17(24-16(12)25)15(7-22-26)18(27)23-11/h5-7,9,11H,2-4,8,10H2,1H3,(H,23,27)/t11-/m1/s1. The predicted octanol–water partition coefficient (Wildman–Crippen LogP) is 1.73. The van der Waals surface area contributed by atoms with Gasteiger partial charge in [-0.1, -0.05) is 0 Å². The maximum Gasteiger partial charge on any atom is 0.257 e. The van der Waals surface area contributed by atoms with Crippen LogP contribution in [-0.4, -0.2) is 44.7 Å². The Bertz CT molecular complexity index is 1080. The topological polar surface area (TPSA) is 84.7 Å². The molecule has 28 heavy (non-hydrogen) atoms. The summed E-state index contributed by atoms with van der Waals surface area (Å²) in [5.74, 6) is 0.493. The van der Waals surface area contributed by atoms with Gasteiger partial charge >= 0.3 is 0 Å². The molecule has 0 spiro atoms. The number of carbonyl (C=O) groups excluding carboxylic acids is 1. The summed E-state index contributed by atoms with van der Waals surface area (Å²) in [6, 6.07) is 1.18. The lowest BCUT2D eigenvalue weighted by atomic mass is 10.1. The average Bonchev–Trinajstić information content (AvgIpc) is 3.08. The van der Waals surface area contributed by atoms with E-state index in [1.54, 1.807) is 4.52 Å². The second kappa shape index (κ2) is 6.43. The molecule has 2 aliphatic rings. The quantitative estimate of drug-likeness (QED) is 0.637. The van der Waals surface area contributed by atoms with Crippen LogP contribution in [0, 0.1) is 5.82 Å². The highest BCUT2D eigenvalue weighted by atomic mass is 19.1. The SMILES string of the molecule is C[C@@H]1COc2ncc(F)cc2CN2CCCc3cn4ncc(c4nc32)C(=O)N1. The summed E-state index contributed by atoms with van der Waals surface area (Å²) in [6.07, 6.45) is 6.42. The summed E-state index contributed by atoms with van der Waals surface area (Å²) in [7, 11) is 0. The number of ether oxygens (including phenoxy) is 1. The van der Waals surface area contributed by atoms with E-state index in [-0.39, 0.29) is 18.6 Å². The van der Waals surface area contributed by atoms with Crippen molar-refractivity contribution in [2.75, 3.05) is 18.1 Å². The van der Waals surface area contributed by atoms with E-state index in [1.807, 2.05) is 13.1 Å². The normalized spacial score (nSPS) is 19.3. The van der Waals surface area contributed by atoms with Crippen molar-refractivity contribution < 1.29 is 13.9 Å². The van der Waals surface area contributed by atoms with Crippen molar-refractivity contribution in [3.8, 4) is 5.88 Å². The van der Waals surface area contributed by atoms with Gasteiger partial charge in [-0.15, -0.1) is 0 Å². The van der Waals surface area contributed by atoms with E-state index in [1.165, 1.54) is 12.3 Å². The van der Waals surface area contributed by atoms with Crippen molar-refractivity contribution in [2.24, 2.45) is 0 Å². The molecule has 1 atom stereocenters. The van der Waals surface area contributed by atoms with Gasteiger partial charge in [-0.2, -0.15) is 5.10 Å². The molecule has 5 heterocycles. The molecule has 144 valence electrons. The summed E-state index contributed by atoms with van der Waals surface area (Å²) < 4.78 is 21.3. The van der Waals surface area contributed by atoms with E-state index in [2.05, 4.69) is 20.3 Å². The number of pyridine rings is 1. The minimum Gasteiger partial charge on any atom is -0.475 e. The molecular formula is C19H19FN6O2. The zero-order valence-electron chi connectivity index (χ0n) is 15.4. The number of hydrogen-bond acceptors (Lipinski definition) is 6. The van der Waals surface area contributed by atoms with Crippen LogP contribution in [0.3, 0.4) is 0 Å². The van der Waals surface area contributed by atoms with E-state index in [0.717, 1.165) is 37.0 Å². The first kappa shape index (κ1) is 16.9. The fourth-order valence-electron chi connectivity index (χ4n) is 3.73. The lowest BCUT2D eigenvalue weighted by Crippen LogP contribution is -2.37. The Morgan fingerprint density at radius 1 is 1.32 bits per heavy atom. The average molecular weight is 382 g/mol. The molecule has 3 aromatic rings.